The monoisotopic (exact) mass is 572 g/mol. The molecule has 0 aromatic rings. The predicted molar refractivity (Wildman–Crippen MR) is 85.9 cm³/mol. The van der Waals surface area contributed by atoms with Gasteiger partial charge in [0.2, 0.25) is 5.85 Å². The Kier molecular flexibility index (Phi) is 8.75. The van der Waals surface area contributed by atoms with E-state index in [-0.39, 0.29) is 0 Å². The first kappa shape index (κ1) is 30.8. The van der Waals surface area contributed by atoms with Gasteiger partial charge in [0.05, 0.1) is 0 Å². The summed E-state index contributed by atoms with van der Waals surface area (Å²) in [6.45, 7) is 0. The zero-order valence-corrected chi connectivity index (χ0v) is 18.7. The molecule has 0 bridgehead atoms. The predicted octanol–water partition coefficient (Wildman–Crippen LogP) is -3.42. The first-order valence-electron chi connectivity index (χ1n) is 5.99. The molecule has 13 N–H and O–H groups in total. The lowest BCUT2D eigenvalue weighted by Gasteiger charge is -2.48. The normalized spacial score (nSPS) is 18.7. The van der Waals surface area contributed by atoms with Gasteiger partial charge in [0.15, 0.2) is 0 Å². The topological polar surface area (TPSA) is 384 Å². The number of phosphoric acid groups is 2. The van der Waals surface area contributed by atoms with E-state index in [0.717, 1.165) is 0 Å². The van der Waals surface area contributed by atoms with Crippen LogP contribution in [-0.4, -0.2) is 80.1 Å². The molecule has 0 aliphatic heterocycles. The summed E-state index contributed by atoms with van der Waals surface area (Å²) in [6, 6.07) is 0. The fraction of sp³-hybridized carbons (Fsp3) is 1.00. The maximum absolute atomic E-state index is 11.9. The van der Waals surface area contributed by atoms with Crippen molar-refractivity contribution in [3.05, 3.63) is 0 Å². The highest BCUT2D eigenvalue weighted by molar-refractivity contribution is 7.75. The van der Waals surface area contributed by atoms with E-state index in [1.165, 1.54) is 0 Å². The lowest BCUT2D eigenvalue weighted by Crippen LogP contribution is -2.62. The fourth-order valence-corrected chi connectivity index (χ4v) is 12.2. The highest BCUT2D eigenvalue weighted by Crippen LogP contribution is 2.86. The quantitative estimate of drug-likeness (QED) is 0.113. The van der Waals surface area contributed by atoms with Crippen LogP contribution in [-0.2, 0) is 36.4 Å². The fourth-order valence-electron chi connectivity index (χ4n) is 2.00. The van der Waals surface area contributed by atoms with Crippen molar-refractivity contribution >= 4 is 46.0 Å². The van der Waals surface area contributed by atoms with Crippen molar-refractivity contribution in [3.8, 4) is 0 Å². The smallest absolute Gasteiger partial charge is 0.377 e. The maximum Gasteiger partial charge on any atom is 0.471 e. The van der Waals surface area contributed by atoms with E-state index in [2.05, 4.69) is 9.05 Å². The van der Waals surface area contributed by atoms with Crippen molar-refractivity contribution in [2.45, 2.75) is 16.3 Å². The van der Waals surface area contributed by atoms with Gasteiger partial charge in [-0.15, -0.1) is 0 Å². The molecule has 0 saturated heterocycles. The molecule has 30 heavy (non-hydrogen) atoms. The molecule has 2 atom stereocenters. The van der Waals surface area contributed by atoms with E-state index in [9.17, 15) is 61.9 Å². The first-order chi connectivity index (χ1) is 12.6. The Morgan fingerprint density at radius 2 is 0.833 bits per heavy atom. The molecule has 2 unspecified atom stereocenters. The molecule has 0 aromatic carbocycles. The van der Waals surface area contributed by atoms with Crippen LogP contribution in [0, 0.1) is 0 Å². The van der Waals surface area contributed by atoms with E-state index in [4.69, 9.17) is 29.4 Å². The Bertz CT molecular complexity index is 904. The molecule has 0 aromatic heterocycles. The van der Waals surface area contributed by atoms with Gasteiger partial charge < -0.3 is 63.8 Å². The second kappa shape index (κ2) is 8.53. The molecule has 27 heteroatoms. The van der Waals surface area contributed by atoms with Gasteiger partial charge in [-0.05, 0) is 0 Å². The van der Waals surface area contributed by atoms with Crippen LogP contribution >= 0.6 is 46.0 Å². The van der Waals surface area contributed by atoms with Crippen molar-refractivity contribution in [2.75, 3.05) is 0 Å². The molecule has 0 aliphatic rings. The van der Waals surface area contributed by atoms with Gasteiger partial charge in [0.1, 0.15) is 0 Å². The van der Waals surface area contributed by atoms with Crippen LogP contribution in [0.3, 0.4) is 0 Å². The first-order valence-corrected chi connectivity index (χ1v) is 15.6. The largest absolute Gasteiger partial charge is 0.471 e. The Labute approximate surface area is 163 Å². The molecule has 21 nitrogen and oxygen atoms in total. The number of hydrogen-bond donors (Lipinski definition) is 13. The summed E-state index contributed by atoms with van der Waals surface area (Å²) in [4.78, 5) is 110. The Balaban J connectivity index is 8.35. The Hall–Kier alpha value is 0.780. The van der Waals surface area contributed by atoms with Crippen LogP contribution in [0.1, 0.15) is 0 Å². The van der Waals surface area contributed by atoms with Crippen molar-refractivity contribution in [2.24, 2.45) is 0 Å². The Morgan fingerprint density at radius 1 is 0.533 bits per heavy atom. The van der Waals surface area contributed by atoms with Gasteiger partial charge in [-0.1, -0.05) is 0 Å². The SMILES string of the molecule is O=P(O)(O)OC(C(O)P(=O)(O)O)(C(OP(=O)(O)O)(P(=O)(O)O)P(=O)(O)O)P(=O)(O)O. The standard InChI is InChI=1S/C3H14O21P6/c4-1(25(5,6)7)2(26(8,9)10,23-29(17,18)19)3(27(11,12)13,28(14,15)16)24-30(20,21)22/h1,4H,(H2,5,6,7)(H2,8,9,10)(H2,11,12,13)(H2,14,15,16)(H2,17,18,19)(H2,20,21,22). The molecular weight excluding hydrogens is 558 g/mol. The summed E-state index contributed by atoms with van der Waals surface area (Å²) in [6.07, 6.45) is 0. The van der Waals surface area contributed by atoms with Crippen molar-refractivity contribution in [3.63, 3.8) is 0 Å². The number of rotatable bonds is 10. The van der Waals surface area contributed by atoms with E-state index in [1.807, 2.05) is 0 Å². The van der Waals surface area contributed by atoms with Crippen LogP contribution < -0.4 is 0 Å². The van der Waals surface area contributed by atoms with E-state index >= 15 is 0 Å². The number of phosphoric ester groups is 2. The molecule has 182 valence electrons. The summed E-state index contributed by atoms with van der Waals surface area (Å²) in [5, 5.41) is -2.19. The third kappa shape index (κ3) is 6.01. The summed E-state index contributed by atoms with van der Waals surface area (Å²) < 4.78 is 75.9. The zero-order chi connectivity index (χ0) is 25.0. The number of aliphatic hydroxyl groups excluding tert-OH is 1. The third-order valence-corrected chi connectivity index (χ3v) is 11.4. The van der Waals surface area contributed by atoms with Crippen LogP contribution in [0.25, 0.3) is 0 Å². The second-order valence-corrected chi connectivity index (χ2v) is 14.6. The highest BCUT2D eigenvalue weighted by Gasteiger charge is 2.87. The molecule has 0 fully saturated rings. The van der Waals surface area contributed by atoms with Crippen LogP contribution in [0.4, 0.5) is 0 Å². The highest BCUT2D eigenvalue weighted by atomic mass is 31.2. The molecule has 0 radical (unpaired) electrons. The molecule has 0 spiro atoms. The van der Waals surface area contributed by atoms with Gasteiger partial charge >= 0.3 is 51.1 Å². The lowest BCUT2D eigenvalue weighted by atomic mass is 10.4. The van der Waals surface area contributed by atoms with E-state index < -0.39 is 62.3 Å². The number of aliphatic hydroxyl groups is 1. The van der Waals surface area contributed by atoms with Gasteiger partial charge in [0.25, 0.3) is 5.34 Å². The van der Waals surface area contributed by atoms with E-state index in [0.29, 0.717) is 0 Å². The molecule has 0 saturated carbocycles. The van der Waals surface area contributed by atoms with Gasteiger partial charge in [-0.2, -0.15) is 0 Å². The third-order valence-electron chi connectivity index (χ3n) is 2.86. The summed E-state index contributed by atoms with van der Waals surface area (Å²) >= 11 is 0. The second-order valence-electron chi connectivity index (χ2n) is 5.06. The van der Waals surface area contributed by atoms with E-state index in [1.54, 1.807) is 0 Å². The Morgan fingerprint density at radius 3 is 1.00 bits per heavy atom. The van der Waals surface area contributed by atoms with Crippen molar-refractivity contribution in [1.29, 1.82) is 0 Å². The van der Waals surface area contributed by atoms with Crippen molar-refractivity contribution < 1.29 is 100 Å². The molecular formula is C3H14O21P6. The lowest BCUT2D eigenvalue weighted by molar-refractivity contribution is -0.0792. The zero-order valence-electron chi connectivity index (χ0n) is 13.3. The molecule has 0 heterocycles. The maximum atomic E-state index is 11.9. The average molecular weight is 572 g/mol. The number of hydrogen-bond acceptors (Lipinski definition) is 9. The summed E-state index contributed by atoms with van der Waals surface area (Å²) in [5.74, 6) is -4.69. The van der Waals surface area contributed by atoms with Crippen molar-refractivity contribution in [1.82, 2.24) is 0 Å². The molecule has 0 amide bonds. The average Bonchev–Trinajstić information content (AvgIpc) is 2.34. The summed E-state index contributed by atoms with van der Waals surface area (Å²) in [7, 11) is -42.9. The van der Waals surface area contributed by atoms with Gasteiger partial charge in [-0.25, -0.2) is 9.13 Å². The van der Waals surface area contributed by atoms with Crippen LogP contribution in [0.2, 0.25) is 0 Å². The summed E-state index contributed by atoms with van der Waals surface area (Å²) in [5.41, 5.74) is 0. The molecule has 0 rings (SSSR count). The van der Waals surface area contributed by atoms with Crippen LogP contribution in [0.5, 0.6) is 0 Å². The molecule has 0 aliphatic carbocycles. The minimum absolute atomic E-state index is 3.19. The minimum Gasteiger partial charge on any atom is -0.377 e. The van der Waals surface area contributed by atoms with Gasteiger partial charge in [-0.3, -0.25) is 27.3 Å². The van der Waals surface area contributed by atoms with Crippen LogP contribution in [0.15, 0.2) is 0 Å². The van der Waals surface area contributed by atoms with Gasteiger partial charge in [0, 0.05) is 0 Å². The minimum atomic E-state index is -7.49.